The monoisotopic (exact) mass is 297 g/mol. The molecule has 22 heavy (non-hydrogen) atoms. The van der Waals surface area contributed by atoms with E-state index in [0.29, 0.717) is 17.1 Å². The normalized spacial score (nSPS) is 9.68. The van der Waals surface area contributed by atoms with Gasteiger partial charge in [-0.2, -0.15) is 5.26 Å². The predicted molar refractivity (Wildman–Crippen MR) is 79.8 cm³/mol. The molecule has 5 heteroatoms. The highest BCUT2D eigenvalue weighted by atomic mass is 16.5. The zero-order valence-electron chi connectivity index (χ0n) is 12.3. The molecule has 0 saturated carbocycles. The topological polar surface area (TPSA) is 68.6 Å². The Kier molecular flexibility index (Phi) is 4.99. The first-order valence-corrected chi connectivity index (χ1v) is 6.56. The van der Waals surface area contributed by atoms with Crippen LogP contribution in [0.5, 0.6) is 11.5 Å². The minimum atomic E-state index is -0.545. The van der Waals surface area contributed by atoms with Crippen molar-refractivity contribution < 1.29 is 19.0 Å². The Bertz CT molecular complexity index is 697. The molecule has 2 rings (SSSR count). The molecule has 5 nitrogen and oxygen atoms in total. The maximum Gasteiger partial charge on any atom is 0.346 e. The smallest absolute Gasteiger partial charge is 0.346 e. The molecule has 0 radical (unpaired) electrons. The number of ether oxygens (including phenoxy) is 3. The second-order valence-corrected chi connectivity index (χ2v) is 4.43. The van der Waals surface area contributed by atoms with Crippen molar-refractivity contribution >= 4 is 5.97 Å². The molecule has 112 valence electrons. The number of carbonyl (C=O) groups excluding carboxylic acids is 1. The lowest BCUT2D eigenvalue weighted by Gasteiger charge is -2.12. The Morgan fingerprint density at radius 1 is 1.09 bits per heavy atom. The highest BCUT2D eigenvalue weighted by Gasteiger charge is 2.19. The number of methoxy groups -OCH3 is 2. The van der Waals surface area contributed by atoms with Crippen molar-refractivity contribution in [2.45, 2.75) is 6.61 Å². The van der Waals surface area contributed by atoms with Crippen LogP contribution in [-0.4, -0.2) is 20.2 Å². The van der Waals surface area contributed by atoms with Crippen LogP contribution < -0.4 is 9.47 Å². The van der Waals surface area contributed by atoms with E-state index in [-0.39, 0.29) is 12.2 Å². The summed E-state index contributed by atoms with van der Waals surface area (Å²) in [5, 5.41) is 8.86. The lowest BCUT2D eigenvalue weighted by molar-refractivity contribution is 0.0465. The van der Waals surface area contributed by atoms with E-state index in [2.05, 4.69) is 0 Å². The van der Waals surface area contributed by atoms with Gasteiger partial charge in [-0.05, 0) is 29.8 Å². The average Bonchev–Trinajstić information content (AvgIpc) is 2.58. The number of rotatable bonds is 5. The fraction of sp³-hybridized carbons (Fsp3) is 0.176. The summed E-state index contributed by atoms with van der Waals surface area (Å²) >= 11 is 0. The van der Waals surface area contributed by atoms with Crippen LogP contribution in [0.4, 0.5) is 0 Å². The minimum Gasteiger partial charge on any atom is -0.496 e. The van der Waals surface area contributed by atoms with Crippen LogP contribution in [0.15, 0.2) is 42.5 Å². The van der Waals surface area contributed by atoms with Crippen molar-refractivity contribution in [3.63, 3.8) is 0 Å². The molecule has 0 heterocycles. The third kappa shape index (κ3) is 3.36. The molecule has 0 aliphatic rings. The first kappa shape index (κ1) is 15.4. The van der Waals surface area contributed by atoms with Gasteiger partial charge < -0.3 is 14.2 Å². The molecule has 2 aromatic rings. The number of nitriles is 1. The van der Waals surface area contributed by atoms with E-state index in [4.69, 9.17) is 19.5 Å². The first-order chi connectivity index (χ1) is 10.7. The quantitative estimate of drug-likeness (QED) is 0.794. The number of esters is 1. The summed E-state index contributed by atoms with van der Waals surface area (Å²) < 4.78 is 15.6. The number of hydrogen-bond acceptors (Lipinski definition) is 5. The maximum atomic E-state index is 12.3. The molecule has 0 fully saturated rings. The van der Waals surface area contributed by atoms with E-state index in [1.807, 2.05) is 6.07 Å². The van der Waals surface area contributed by atoms with Crippen LogP contribution in [0.3, 0.4) is 0 Å². The van der Waals surface area contributed by atoms with Crippen LogP contribution >= 0.6 is 0 Å². The molecule has 0 N–H and O–H groups in total. The van der Waals surface area contributed by atoms with Gasteiger partial charge in [0.15, 0.2) is 0 Å². The fourth-order valence-corrected chi connectivity index (χ4v) is 2.00. The number of hydrogen-bond donors (Lipinski definition) is 0. The summed E-state index contributed by atoms with van der Waals surface area (Å²) in [6.45, 7) is 0.0650. The van der Waals surface area contributed by atoms with Gasteiger partial charge >= 0.3 is 5.97 Å². The Balaban J connectivity index is 2.17. The minimum absolute atomic E-state index is 0.0650. The Morgan fingerprint density at radius 3 is 2.32 bits per heavy atom. The Hall–Kier alpha value is -3.00. The van der Waals surface area contributed by atoms with Gasteiger partial charge in [0.05, 0.1) is 25.9 Å². The molecule has 0 aliphatic heterocycles. The predicted octanol–water partition coefficient (Wildman–Crippen LogP) is 2.93. The van der Waals surface area contributed by atoms with E-state index < -0.39 is 5.97 Å². The van der Waals surface area contributed by atoms with Gasteiger partial charge in [0, 0.05) is 0 Å². The van der Waals surface area contributed by atoms with Crippen molar-refractivity contribution in [1.82, 2.24) is 0 Å². The van der Waals surface area contributed by atoms with Gasteiger partial charge in [0.25, 0.3) is 0 Å². The van der Waals surface area contributed by atoms with E-state index in [0.717, 1.165) is 5.56 Å². The second-order valence-electron chi connectivity index (χ2n) is 4.43. The van der Waals surface area contributed by atoms with Gasteiger partial charge in [-0.15, -0.1) is 0 Å². The van der Waals surface area contributed by atoms with Crippen molar-refractivity contribution in [1.29, 1.82) is 5.26 Å². The fourth-order valence-electron chi connectivity index (χ4n) is 2.00. The van der Waals surface area contributed by atoms with Crippen molar-refractivity contribution in [3.8, 4) is 17.6 Å². The highest BCUT2D eigenvalue weighted by molar-refractivity contribution is 5.95. The molecule has 0 unspecified atom stereocenters. The lowest BCUT2D eigenvalue weighted by atomic mass is 10.1. The van der Waals surface area contributed by atoms with E-state index in [1.54, 1.807) is 42.5 Å². The standard InChI is InChI=1S/C17H15NO4/c1-20-14-7-4-8-15(21-2)16(14)17(19)22-11-13-6-3-5-12(9-13)10-18/h3-9H,11H2,1-2H3. The zero-order chi connectivity index (χ0) is 15.9. The molecule has 0 atom stereocenters. The van der Waals surface area contributed by atoms with Crippen LogP contribution in [0.1, 0.15) is 21.5 Å². The van der Waals surface area contributed by atoms with E-state index in [9.17, 15) is 4.79 Å². The molecule has 0 amide bonds. The molecule has 0 aromatic heterocycles. The third-order valence-electron chi connectivity index (χ3n) is 3.06. The van der Waals surface area contributed by atoms with Gasteiger partial charge in [-0.1, -0.05) is 18.2 Å². The van der Waals surface area contributed by atoms with Gasteiger partial charge in [-0.25, -0.2) is 4.79 Å². The number of benzene rings is 2. The van der Waals surface area contributed by atoms with Crippen LogP contribution in [0.25, 0.3) is 0 Å². The van der Waals surface area contributed by atoms with Crippen molar-refractivity contribution in [2.75, 3.05) is 14.2 Å². The molecule has 2 aromatic carbocycles. The largest absolute Gasteiger partial charge is 0.496 e. The van der Waals surface area contributed by atoms with Crippen molar-refractivity contribution in [3.05, 3.63) is 59.2 Å². The van der Waals surface area contributed by atoms with Gasteiger partial charge in [0.1, 0.15) is 23.7 Å². The molecule has 0 aliphatic carbocycles. The summed E-state index contributed by atoms with van der Waals surface area (Å²) in [5.41, 5.74) is 1.49. The van der Waals surface area contributed by atoms with Crippen LogP contribution in [0, 0.1) is 11.3 Å². The summed E-state index contributed by atoms with van der Waals surface area (Å²) in [7, 11) is 2.95. The van der Waals surface area contributed by atoms with Crippen LogP contribution in [-0.2, 0) is 11.3 Å². The maximum absolute atomic E-state index is 12.3. The summed E-state index contributed by atoms with van der Waals surface area (Å²) in [6.07, 6.45) is 0. The number of carbonyl (C=O) groups is 1. The van der Waals surface area contributed by atoms with Crippen molar-refractivity contribution in [2.24, 2.45) is 0 Å². The summed E-state index contributed by atoms with van der Waals surface area (Å²) in [5.74, 6) is 0.224. The molecule has 0 saturated heterocycles. The molecular formula is C17H15NO4. The SMILES string of the molecule is COc1cccc(OC)c1C(=O)OCc1cccc(C#N)c1. The Morgan fingerprint density at radius 2 is 1.73 bits per heavy atom. The highest BCUT2D eigenvalue weighted by Crippen LogP contribution is 2.29. The van der Waals surface area contributed by atoms with E-state index in [1.165, 1.54) is 14.2 Å². The second kappa shape index (κ2) is 7.14. The van der Waals surface area contributed by atoms with Gasteiger partial charge in [-0.3, -0.25) is 0 Å². The molecular weight excluding hydrogens is 282 g/mol. The summed E-state index contributed by atoms with van der Waals surface area (Å²) in [6, 6.07) is 14.0. The lowest BCUT2D eigenvalue weighted by Crippen LogP contribution is -2.09. The average molecular weight is 297 g/mol. The molecule has 0 spiro atoms. The van der Waals surface area contributed by atoms with Crippen LogP contribution in [0.2, 0.25) is 0 Å². The van der Waals surface area contributed by atoms with Gasteiger partial charge in [0.2, 0.25) is 0 Å². The summed E-state index contributed by atoms with van der Waals surface area (Å²) in [4.78, 5) is 12.3. The Labute approximate surface area is 128 Å². The molecule has 0 bridgehead atoms. The van der Waals surface area contributed by atoms with E-state index >= 15 is 0 Å². The first-order valence-electron chi connectivity index (χ1n) is 6.56. The third-order valence-corrected chi connectivity index (χ3v) is 3.06. The zero-order valence-corrected chi connectivity index (χ0v) is 12.3. The number of nitrogens with zero attached hydrogens (tertiary/aromatic N) is 1.